The van der Waals surface area contributed by atoms with Gasteiger partial charge >= 0.3 is 0 Å². The molecule has 7 nitrogen and oxygen atoms in total. The number of amides is 1. The predicted molar refractivity (Wildman–Crippen MR) is 127 cm³/mol. The van der Waals surface area contributed by atoms with Crippen LogP contribution in [0.1, 0.15) is 61.1 Å². The minimum absolute atomic E-state index is 0.114. The number of nitrogens with zero attached hydrogens (tertiary/aromatic N) is 4. The highest BCUT2D eigenvalue weighted by Gasteiger charge is 2.24. The highest BCUT2D eigenvalue weighted by molar-refractivity contribution is 5.94. The maximum Gasteiger partial charge on any atom is 0.268 e. The van der Waals surface area contributed by atoms with Gasteiger partial charge < -0.3 is 9.73 Å². The molecule has 0 unspecified atom stereocenters. The van der Waals surface area contributed by atoms with Crippen molar-refractivity contribution in [1.82, 2.24) is 25.3 Å². The fraction of sp³-hybridized carbons (Fsp3) is 0.308. The number of hydrogen-bond acceptors (Lipinski definition) is 5. The minimum atomic E-state index is -0.191. The third-order valence-corrected chi connectivity index (χ3v) is 5.51. The Balaban J connectivity index is 1.59. The molecule has 2 heterocycles. The van der Waals surface area contributed by atoms with Crippen molar-refractivity contribution in [3.8, 4) is 17.3 Å². The van der Waals surface area contributed by atoms with E-state index < -0.39 is 0 Å². The number of aryl methyl sites for hydroxylation is 1. The molecule has 0 radical (unpaired) electrons. The lowest BCUT2D eigenvalue weighted by molar-refractivity contribution is 0.0951. The van der Waals surface area contributed by atoms with Crippen LogP contribution in [0.2, 0.25) is 0 Å². The number of aromatic nitrogens is 4. The van der Waals surface area contributed by atoms with Crippen molar-refractivity contribution in [3.05, 3.63) is 83.4 Å². The summed E-state index contributed by atoms with van der Waals surface area (Å²) in [4.78, 5) is 12.9. The van der Waals surface area contributed by atoms with Crippen LogP contribution in [0.3, 0.4) is 0 Å². The molecule has 0 aliphatic rings. The summed E-state index contributed by atoms with van der Waals surface area (Å²) in [6.45, 7) is 10.8. The zero-order chi connectivity index (χ0) is 23.6. The first-order valence-electron chi connectivity index (χ1n) is 11.1. The molecule has 0 bridgehead atoms. The summed E-state index contributed by atoms with van der Waals surface area (Å²) in [5.74, 6) is 0.968. The Hall–Kier alpha value is -3.74. The SMILES string of the molecule is Cc1nnc(-c2cc(C(C)(C)C)n(-c3cccc(C(=O)NC[C@@H](C)c4ccccc4)c3)n2)o1. The molecule has 33 heavy (non-hydrogen) atoms. The molecule has 170 valence electrons. The largest absolute Gasteiger partial charge is 0.420 e. The number of benzene rings is 2. The van der Waals surface area contributed by atoms with Gasteiger partial charge in [-0.15, -0.1) is 10.2 Å². The molecule has 2 aromatic heterocycles. The highest BCUT2D eigenvalue weighted by Crippen LogP contribution is 2.29. The van der Waals surface area contributed by atoms with Gasteiger partial charge in [0.1, 0.15) is 5.69 Å². The fourth-order valence-corrected chi connectivity index (χ4v) is 3.64. The quantitative estimate of drug-likeness (QED) is 0.450. The van der Waals surface area contributed by atoms with Crippen LogP contribution in [0.5, 0.6) is 0 Å². The summed E-state index contributed by atoms with van der Waals surface area (Å²) in [5, 5.41) is 15.8. The summed E-state index contributed by atoms with van der Waals surface area (Å²) in [6, 6.07) is 19.6. The molecule has 4 rings (SSSR count). The Kier molecular flexibility index (Phi) is 6.14. The van der Waals surface area contributed by atoms with Crippen LogP contribution >= 0.6 is 0 Å². The molecule has 0 fully saturated rings. The van der Waals surface area contributed by atoms with Crippen LogP contribution in [0.15, 0.2) is 65.1 Å². The lowest BCUT2D eigenvalue weighted by Gasteiger charge is -2.20. The third kappa shape index (κ3) is 5.03. The van der Waals surface area contributed by atoms with Crippen molar-refractivity contribution >= 4 is 5.91 Å². The van der Waals surface area contributed by atoms with E-state index in [1.165, 1.54) is 5.56 Å². The summed E-state index contributed by atoms with van der Waals surface area (Å²) in [7, 11) is 0. The van der Waals surface area contributed by atoms with E-state index in [1.807, 2.05) is 53.2 Å². The highest BCUT2D eigenvalue weighted by atomic mass is 16.4. The first kappa shape index (κ1) is 22.5. The first-order chi connectivity index (χ1) is 15.7. The Bertz CT molecular complexity index is 1250. The Morgan fingerprint density at radius 1 is 1.06 bits per heavy atom. The molecular formula is C26H29N5O2. The third-order valence-electron chi connectivity index (χ3n) is 5.51. The van der Waals surface area contributed by atoms with Crippen molar-refractivity contribution in [2.24, 2.45) is 0 Å². The molecule has 4 aromatic rings. The van der Waals surface area contributed by atoms with E-state index in [0.29, 0.717) is 29.6 Å². The Morgan fingerprint density at radius 2 is 1.82 bits per heavy atom. The van der Waals surface area contributed by atoms with Crippen molar-refractivity contribution in [2.75, 3.05) is 6.54 Å². The van der Waals surface area contributed by atoms with Gasteiger partial charge in [-0.2, -0.15) is 5.10 Å². The Morgan fingerprint density at radius 3 is 2.48 bits per heavy atom. The summed E-state index contributed by atoms with van der Waals surface area (Å²) < 4.78 is 7.42. The molecule has 0 saturated heterocycles. The average molecular weight is 444 g/mol. The maximum absolute atomic E-state index is 12.9. The second kappa shape index (κ2) is 9.02. The number of carbonyl (C=O) groups is 1. The van der Waals surface area contributed by atoms with Crippen LogP contribution in [0.25, 0.3) is 17.3 Å². The van der Waals surface area contributed by atoms with Crippen molar-refractivity contribution in [3.63, 3.8) is 0 Å². The number of hydrogen-bond donors (Lipinski definition) is 1. The van der Waals surface area contributed by atoms with Crippen molar-refractivity contribution in [1.29, 1.82) is 0 Å². The molecule has 1 amide bonds. The van der Waals surface area contributed by atoms with Gasteiger partial charge in [-0.05, 0) is 35.7 Å². The van der Waals surface area contributed by atoms with Crippen molar-refractivity contribution < 1.29 is 9.21 Å². The molecule has 7 heteroatoms. The van der Waals surface area contributed by atoms with Crippen LogP contribution in [-0.4, -0.2) is 32.4 Å². The van der Waals surface area contributed by atoms with Crippen LogP contribution in [0.4, 0.5) is 0 Å². The van der Waals surface area contributed by atoms with E-state index in [9.17, 15) is 4.79 Å². The lowest BCUT2D eigenvalue weighted by atomic mass is 9.91. The van der Waals surface area contributed by atoms with Gasteiger partial charge in [-0.3, -0.25) is 4.79 Å². The number of nitrogens with one attached hydrogen (secondary N) is 1. The minimum Gasteiger partial charge on any atom is -0.420 e. The van der Waals surface area contributed by atoms with Gasteiger partial charge in [-0.25, -0.2) is 4.68 Å². The maximum atomic E-state index is 12.9. The van der Waals surface area contributed by atoms with E-state index in [1.54, 1.807) is 6.92 Å². The van der Waals surface area contributed by atoms with Gasteiger partial charge in [0.25, 0.3) is 11.8 Å². The molecule has 0 saturated carbocycles. The van der Waals surface area contributed by atoms with Gasteiger partial charge in [0.2, 0.25) is 5.89 Å². The van der Waals surface area contributed by atoms with Crippen LogP contribution in [-0.2, 0) is 5.41 Å². The van der Waals surface area contributed by atoms with E-state index in [-0.39, 0.29) is 17.2 Å². The summed E-state index contributed by atoms with van der Waals surface area (Å²) in [5.41, 5.74) is 3.96. The average Bonchev–Trinajstić information content (AvgIpc) is 3.44. The van der Waals surface area contributed by atoms with Crippen LogP contribution < -0.4 is 5.32 Å². The van der Waals surface area contributed by atoms with E-state index >= 15 is 0 Å². The second-order valence-electron chi connectivity index (χ2n) is 9.27. The second-order valence-corrected chi connectivity index (χ2v) is 9.27. The molecule has 0 spiro atoms. The van der Waals surface area contributed by atoms with E-state index in [2.05, 4.69) is 55.3 Å². The molecule has 1 N–H and O–H groups in total. The fourth-order valence-electron chi connectivity index (χ4n) is 3.64. The molecular weight excluding hydrogens is 414 g/mol. The Labute approximate surface area is 193 Å². The first-order valence-corrected chi connectivity index (χ1v) is 11.1. The van der Waals surface area contributed by atoms with E-state index in [4.69, 9.17) is 9.52 Å². The van der Waals surface area contributed by atoms with Crippen LogP contribution in [0, 0.1) is 6.92 Å². The topological polar surface area (TPSA) is 85.8 Å². The zero-order valence-electron chi connectivity index (χ0n) is 19.7. The molecule has 1 atom stereocenters. The lowest BCUT2D eigenvalue weighted by Crippen LogP contribution is -2.27. The number of rotatable bonds is 6. The standard InChI is InChI=1S/C26H29N5O2/c1-17(19-10-7-6-8-11-19)16-27-24(32)20-12-9-13-21(14-20)31-23(26(3,4)5)15-22(30-31)25-29-28-18(2)33-25/h6-15,17H,16H2,1-5H3,(H,27,32)/t17-/m1/s1. The normalized spacial score (nSPS) is 12.5. The predicted octanol–water partition coefficient (Wildman–Crippen LogP) is 5.06. The molecule has 0 aliphatic heterocycles. The monoisotopic (exact) mass is 443 g/mol. The van der Waals surface area contributed by atoms with Crippen molar-refractivity contribution in [2.45, 2.75) is 46.0 Å². The zero-order valence-corrected chi connectivity index (χ0v) is 19.7. The number of carbonyl (C=O) groups excluding carboxylic acids is 1. The van der Waals surface area contributed by atoms with Gasteiger partial charge in [0, 0.05) is 24.4 Å². The summed E-state index contributed by atoms with van der Waals surface area (Å²) >= 11 is 0. The van der Waals surface area contributed by atoms with Gasteiger partial charge in [-0.1, -0.05) is 64.1 Å². The molecule has 2 aromatic carbocycles. The smallest absolute Gasteiger partial charge is 0.268 e. The van der Waals surface area contributed by atoms with Gasteiger partial charge in [0.05, 0.1) is 11.4 Å². The summed E-state index contributed by atoms with van der Waals surface area (Å²) in [6.07, 6.45) is 0. The van der Waals surface area contributed by atoms with E-state index in [0.717, 1.165) is 11.4 Å². The molecule has 0 aliphatic carbocycles. The van der Waals surface area contributed by atoms with Gasteiger partial charge in [0.15, 0.2) is 0 Å².